The summed E-state index contributed by atoms with van der Waals surface area (Å²) >= 11 is 0. The molecular weight excluding hydrogens is 458 g/mol. The van der Waals surface area contributed by atoms with Crippen molar-refractivity contribution in [1.29, 1.82) is 0 Å². The molecule has 2 amide bonds. The summed E-state index contributed by atoms with van der Waals surface area (Å²) in [5, 5.41) is 26.0. The zero-order valence-electron chi connectivity index (χ0n) is 18.6. The predicted octanol–water partition coefficient (Wildman–Crippen LogP) is 1.23. The average Bonchev–Trinajstić information content (AvgIpc) is 2.80. The number of carbonyl (C=O) groups excluding carboxylic acids is 2. The molecule has 13 heteroatoms. The van der Waals surface area contributed by atoms with E-state index in [-0.39, 0.29) is 36.1 Å². The van der Waals surface area contributed by atoms with Gasteiger partial charge in [-0.3, -0.25) is 14.4 Å². The van der Waals surface area contributed by atoms with E-state index in [9.17, 15) is 24.3 Å². The molecule has 3 rings (SSSR count). The molecule has 182 valence electrons. The third-order valence-electron chi connectivity index (χ3n) is 4.78. The summed E-state index contributed by atoms with van der Waals surface area (Å²) in [7, 11) is 0. The van der Waals surface area contributed by atoms with Crippen LogP contribution in [-0.4, -0.2) is 55.0 Å². The monoisotopic (exact) mass is 481 g/mol. The standard InChI is InChI=1S/C22H23N7O6/c1-11(30)25-19-18-15(28-22(23)29-19)7-6-14(26-18)10-24-13-4-2-12(3-5-13)20(33)27-16(21(34)35)8-9-17(31)32/h2-7,16,24H,8-10H2,1H3,(H,27,33)(H,31,32)(H,34,35)(H3,23,25,28,29,30)/t16-/m1/s1. The number of hydrogen-bond donors (Lipinski definition) is 6. The van der Waals surface area contributed by atoms with Gasteiger partial charge in [-0.1, -0.05) is 0 Å². The molecule has 2 heterocycles. The molecule has 3 aromatic rings. The number of nitrogen functional groups attached to an aromatic ring is 1. The van der Waals surface area contributed by atoms with E-state index in [2.05, 4.69) is 30.9 Å². The minimum absolute atomic E-state index is 0.00890. The van der Waals surface area contributed by atoms with Gasteiger partial charge in [0.25, 0.3) is 5.91 Å². The van der Waals surface area contributed by atoms with Crippen LogP contribution in [0.15, 0.2) is 36.4 Å². The molecule has 0 spiro atoms. The Morgan fingerprint density at radius 1 is 1.00 bits per heavy atom. The van der Waals surface area contributed by atoms with Gasteiger partial charge >= 0.3 is 11.9 Å². The molecule has 0 aliphatic rings. The SMILES string of the molecule is CC(=O)Nc1nc(N)nc2ccc(CNc3ccc(C(=O)N[C@H](CCC(=O)O)C(=O)O)cc3)nc12. The molecular formula is C22H23N7O6. The van der Waals surface area contributed by atoms with Crippen LogP contribution in [0, 0.1) is 0 Å². The minimum atomic E-state index is -1.31. The number of carbonyl (C=O) groups is 4. The molecule has 1 atom stereocenters. The van der Waals surface area contributed by atoms with Crippen LogP contribution in [0.4, 0.5) is 17.5 Å². The van der Waals surface area contributed by atoms with Crippen molar-refractivity contribution in [3.8, 4) is 0 Å². The van der Waals surface area contributed by atoms with Crippen molar-refractivity contribution in [2.45, 2.75) is 32.4 Å². The van der Waals surface area contributed by atoms with Crippen LogP contribution in [0.3, 0.4) is 0 Å². The molecule has 0 saturated heterocycles. The maximum absolute atomic E-state index is 12.3. The number of hydrogen-bond acceptors (Lipinski definition) is 9. The zero-order chi connectivity index (χ0) is 25.5. The maximum Gasteiger partial charge on any atom is 0.326 e. The van der Waals surface area contributed by atoms with Crippen molar-refractivity contribution in [3.63, 3.8) is 0 Å². The molecule has 35 heavy (non-hydrogen) atoms. The number of aliphatic carboxylic acids is 2. The van der Waals surface area contributed by atoms with Gasteiger partial charge in [-0.25, -0.2) is 14.8 Å². The van der Waals surface area contributed by atoms with Crippen molar-refractivity contribution < 1.29 is 29.4 Å². The third kappa shape index (κ3) is 6.83. The number of nitrogens with zero attached hydrogens (tertiary/aromatic N) is 3. The Bertz CT molecular complexity index is 1280. The van der Waals surface area contributed by atoms with Gasteiger partial charge in [0, 0.05) is 24.6 Å². The first-order valence-corrected chi connectivity index (χ1v) is 10.4. The highest BCUT2D eigenvalue weighted by atomic mass is 16.4. The molecule has 0 bridgehead atoms. The molecule has 0 fully saturated rings. The number of fused-ring (bicyclic) bond motifs is 1. The highest BCUT2D eigenvalue weighted by molar-refractivity contribution is 5.97. The Balaban J connectivity index is 1.66. The lowest BCUT2D eigenvalue weighted by Crippen LogP contribution is -2.41. The van der Waals surface area contributed by atoms with Gasteiger partial charge in [-0.15, -0.1) is 0 Å². The lowest BCUT2D eigenvalue weighted by atomic mass is 10.1. The quantitative estimate of drug-likeness (QED) is 0.242. The fourth-order valence-corrected chi connectivity index (χ4v) is 3.12. The van der Waals surface area contributed by atoms with Gasteiger partial charge in [-0.2, -0.15) is 4.98 Å². The van der Waals surface area contributed by atoms with Crippen LogP contribution in [0.5, 0.6) is 0 Å². The Labute approximate surface area is 198 Å². The topological polar surface area (TPSA) is 210 Å². The van der Waals surface area contributed by atoms with E-state index in [4.69, 9.17) is 10.8 Å². The van der Waals surface area contributed by atoms with Gasteiger partial charge in [-0.05, 0) is 42.8 Å². The largest absolute Gasteiger partial charge is 0.481 e. The van der Waals surface area contributed by atoms with Gasteiger partial charge in [0.05, 0.1) is 17.8 Å². The van der Waals surface area contributed by atoms with Crippen LogP contribution in [0.25, 0.3) is 11.0 Å². The molecule has 0 aliphatic heterocycles. The molecule has 2 aromatic heterocycles. The van der Waals surface area contributed by atoms with Crippen LogP contribution in [0.1, 0.15) is 35.8 Å². The number of nitrogens with one attached hydrogen (secondary N) is 3. The molecule has 0 radical (unpaired) electrons. The van der Waals surface area contributed by atoms with Crippen LogP contribution < -0.4 is 21.7 Å². The van der Waals surface area contributed by atoms with Gasteiger partial charge in [0.2, 0.25) is 11.9 Å². The molecule has 0 aliphatic carbocycles. The second-order valence-electron chi connectivity index (χ2n) is 7.51. The van der Waals surface area contributed by atoms with Gasteiger partial charge < -0.3 is 31.9 Å². The summed E-state index contributed by atoms with van der Waals surface area (Å²) in [6, 6.07) is 8.42. The summed E-state index contributed by atoms with van der Waals surface area (Å²) in [6.07, 6.45) is -0.606. The normalized spacial score (nSPS) is 11.5. The average molecular weight is 481 g/mol. The van der Waals surface area contributed by atoms with Crippen molar-refractivity contribution in [3.05, 3.63) is 47.7 Å². The maximum atomic E-state index is 12.3. The van der Waals surface area contributed by atoms with Gasteiger partial charge in [0.1, 0.15) is 11.6 Å². The number of pyridine rings is 1. The smallest absolute Gasteiger partial charge is 0.326 e. The Morgan fingerprint density at radius 3 is 2.34 bits per heavy atom. The first-order valence-electron chi connectivity index (χ1n) is 10.4. The van der Waals surface area contributed by atoms with E-state index in [1.165, 1.54) is 19.1 Å². The summed E-state index contributed by atoms with van der Waals surface area (Å²) in [4.78, 5) is 58.4. The number of rotatable bonds is 10. The van der Waals surface area contributed by atoms with Crippen LogP contribution in [0.2, 0.25) is 0 Å². The lowest BCUT2D eigenvalue weighted by Gasteiger charge is -2.14. The fraction of sp³-hybridized carbons (Fsp3) is 0.227. The second-order valence-corrected chi connectivity index (χ2v) is 7.51. The Morgan fingerprint density at radius 2 is 1.71 bits per heavy atom. The minimum Gasteiger partial charge on any atom is -0.481 e. The Hall–Kier alpha value is -4.81. The van der Waals surface area contributed by atoms with Crippen molar-refractivity contribution in [2.24, 2.45) is 0 Å². The first-order chi connectivity index (χ1) is 16.6. The Kier molecular flexibility index (Phi) is 7.71. The van der Waals surface area contributed by atoms with E-state index in [0.717, 1.165) is 0 Å². The molecule has 13 nitrogen and oxygen atoms in total. The zero-order valence-corrected chi connectivity index (χ0v) is 18.6. The van der Waals surface area contributed by atoms with Crippen LogP contribution in [-0.2, 0) is 20.9 Å². The highest BCUT2D eigenvalue weighted by Gasteiger charge is 2.21. The molecule has 0 saturated carbocycles. The highest BCUT2D eigenvalue weighted by Crippen LogP contribution is 2.20. The van der Waals surface area contributed by atoms with E-state index in [0.29, 0.717) is 29.0 Å². The molecule has 7 N–H and O–H groups in total. The first kappa shape index (κ1) is 24.8. The summed E-state index contributed by atoms with van der Waals surface area (Å²) in [5.74, 6) is -3.19. The summed E-state index contributed by atoms with van der Waals surface area (Å²) < 4.78 is 0. The van der Waals surface area contributed by atoms with E-state index in [1.807, 2.05) is 0 Å². The number of nitrogens with two attached hydrogens (primary N) is 1. The molecule has 0 unspecified atom stereocenters. The fourth-order valence-electron chi connectivity index (χ4n) is 3.12. The number of amides is 2. The van der Waals surface area contributed by atoms with Crippen molar-refractivity contribution in [1.82, 2.24) is 20.3 Å². The lowest BCUT2D eigenvalue weighted by molar-refractivity contribution is -0.140. The van der Waals surface area contributed by atoms with Crippen molar-refractivity contribution in [2.75, 3.05) is 16.4 Å². The summed E-state index contributed by atoms with van der Waals surface area (Å²) in [6.45, 7) is 1.65. The van der Waals surface area contributed by atoms with E-state index >= 15 is 0 Å². The van der Waals surface area contributed by atoms with Gasteiger partial charge in [0.15, 0.2) is 5.82 Å². The van der Waals surface area contributed by atoms with E-state index < -0.39 is 23.9 Å². The number of anilines is 3. The number of aromatic nitrogens is 3. The predicted molar refractivity (Wildman–Crippen MR) is 126 cm³/mol. The number of benzene rings is 1. The van der Waals surface area contributed by atoms with Crippen LogP contribution >= 0.6 is 0 Å². The van der Waals surface area contributed by atoms with E-state index in [1.54, 1.807) is 24.3 Å². The summed E-state index contributed by atoms with van der Waals surface area (Å²) in [5.41, 5.74) is 8.05. The number of carboxylic acid groups (broad SMARTS) is 2. The number of carboxylic acids is 2. The van der Waals surface area contributed by atoms with Crippen molar-refractivity contribution >= 4 is 52.2 Å². The second kappa shape index (κ2) is 10.9. The molecule has 1 aromatic carbocycles. The third-order valence-corrected chi connectivity index (χ3v) is 4.78.